The Kier molecular flexibility index (Phi) is 2.68. The molecule has 1 aromatic carbocycles. The van der Waals surface area contributed by atoms with Gasteiger partial charge in [0, 0.05) is 6.42 Å². The zero-order valence-corrected chi connectivity index (χ0v) is 9.64. The van der Waals surface area contributed by atoms with Crippen LogP contribution in [0.4, 0.5) is 5.13 Å². The van der Waals surface area contributed by atoms with Crippen LogP contribution in [0.25, 0.3) is 0 Å². The van der Waals surface area contributed by atoms with Crippen molar-refractivity contribution in [3.63, 3.8) is 0 Å². The van der Waals surface area contributed by atoms with E-state index in [-0.39, 0.29) is 0 Å². The summed E-state index contributed by atoms with van der Waals surface area (Å²) >= 11 is 1.45. The Bertz CT molecular complexity index is 476. The first-order valence-electron chi connectivity index (χ1n) is 4.79. The van der Waals surface area contributed by atoms with Crippen LogP contribution in [0.2, 0.25) is 0 Å². The third-order valence-electron chi connectivity index (χ3n) is 2.32. The molecule has 78 valence electrons. The minimum Gasteiger partial charge on any atom is -0.374 e. The van der Waals surface area contributed by atoms with Crippen molar-refractivity contribution < 1.29 is 0 Å². The SMILES string of the molecule is Cc1ccc(Cc2nnc(N)s2)c(C)c1. The highest BCUT2D eigenvalue weighted by molar-refractivity contribution is 7.15. The van der Waals surface area contributed by atoms with Crippen LogP contribution in [-0.4, -0.2) is 10.2 Å². The van der Waals surface area contributed by atoms with Gasteiger partial charge in [0.05, 0.1) is 0 Å². The van der Waals surface area contributed by atoms with E-state index in [0.29, 0.717) is 5.13 Å². The number of nitrogens with zero attached hydrogens (tertiary/aromatic N) is 2. The van der Waals surface area contributed by atoms with Crippen molar-refractivity contribution in [2.75, 3.05) is 5.73 Å². The van der Waals surface area contributed by atoms with E-state index >= 15 is 0 Å². The molecular formula is C11H13N3S. The van der Waals surface area contributed by atoms with Crippen molar-refractivity contribution in [2.45, 2.75) is 20.3 Å². The maximum Gasteiger partial charge on any atom is 0.203 e. The lowest BCUT2D eigenvalue weighted by Gasteiger charge is -2.03. The number of rotatable bonds is 2. The molecule has 3 nitrogen and oxygen atoms in total. The highest BCUT2D eigenvalue weighted by atomic mass is 32.1. The molecule has 0 saturated carbocycles. The van der Waals surface area contributed by atoms with Crippen LogP contribution in [0.1, 0.15) is 21.7 Å². The minimum atomic E-state index is 0.537. The third-order valence-corrected chi connectivity index (χ3v) is 3.07. The van der Waals surface area contributed by atoms with E-state index in [1.807, 2.05) is 0 Å². The molecule has 0 aliphatic carbocycles. The van der Waals surface area contributed by atoms with Crippen LogP contribution >= 0.6 is 11.3 Å². The smallest absolute Gasteiger partial charge is 0.203 e. The molecule has 2 aromatic rings. The fourth-order valence-corrected chi connectivity index (χ4v) is 2.18. The van der Waals surface area contributed by atoms with Gasteiger partial charge in [-0.3, -0.25) is 0 Å². The molecule has 1 heterocycles. The first-order valence-corrected chi connectivity index (χ1v) is 5.61. The number of benzene rings is 1. The maximum atomic E-state index is 5.54. The second kappa shape index (κ2) is 3.98. The van der Waals surface area contributed by atoms with E-state index < -0.39 is 0 Å². The minimum absolute atomic E-state index is 0.537. The number of aryl methyl sites for hydroxylation is 2. The van der Waals surface area contributed by atoms with Gasteiger partial charge in [0.25, 0.3) is 0 Å². The number of anilines is 1. The molecule has 0 bridgehead atoms. The van der Waals surface area contributed by atoms with Gasteiger partial charge in [-0.1, -0.05) is 35.1 Å². The highest BCUT2D eigenvalue weighted by Gasteiger charge is 2.04. The second-order valence-electron chi connectivity index (χ2n) is 3.64. The largest absolute Gasteiger partial charge is 0.374 e. The molecule has 0 atom stereocenters. The summed E-state index contributed by atoms with van der Waals surface area (Å²) in [5, 5.41) is 9.33. The van der Waals surface area contributed by atoms with E-state index in [9.17, 15) is 0 Å². The number of nitrogen functional groups attached to an aromatic ring is 1. The summed E-state index contributed by atoms with van der Waals surface area (Å²) in [6.07, 6.45) is 0.820. The average Bonchev–Trinajstić information content (AvgIpc) is 2.56. The average molecular weight is 219 g/mol. The van der Waals surface area contributed by atoms with E-state index in [1.165, 1.54) is 28.0 Å². The summed E-state index contributed by atoms with van der Waals surface area (Å²) in [5.74, 6) is 0. The standard InChI is InChI=1S/C11H13N3S/c1-7-3-4-9(8(2)5-7)6-10-13-14-11(12)15-10/h3-5H,6H2,1-2H3,(H2,12,14). The lowest BCUT2D eigenvalue weighted by molar-refractivity contribution is 1.00. The summed E-state index contributed by atoms with van der Waals surface area (Å²) in [6, 6.07) is 6.44. The molecule has 0 unspecified atom stereocenters. The van der Waals surface area contributed by atoms with Crippen LogP contribution < -0.4 is 5.73 Å². The zero-order valence-electron chi connectivity index (χ0n) is 8.82. The molecule has 0 fully saturated rings. The van der Waals surface area contributed by atoms with Crippen LogP contribution in [0, 0.1) is 13.8 Å². The van der Waals surface area contributed by atoms with Crippen LogP contribution in [0.15, 0.2) is 18.2 Å². The fourth-order valence-electron chi connectivity index (χ4n) is 1.55. The van der Waals surface area contributed by atoms with Gasteiger partial charge in [-0.15, -0.1) is 10.2 Å². The van der Waals surface area contributed by atoms with Crippen molar-refractivity contribution in [3.05, 3.63) is 39.9 Å². The highest BCUT2D eigenvalue weighted by Crippen LogP contribution is 2.18. The third kappa shape index (κ3) is 2.33. The van der Waals surface area contributed by atoms with E-state index in [0.717, 1.165) is 11.4 Å². The Balaban J connectivity index is 2.24. The Labute approximate surface area is 93.0 Å². The van der Waals surface area contributed by atoms with Gasteiger partial charge in [-0.25, -0.2) is 0 Å². The summed E-state index contributed by atoms with van der Waals surface area (Å²) in [5.41, 5.74) is 9.41. The Morgan fingerprint density at radius 3 is 2.67 bits per heavy atom. The van der Waals surface area contributed by atoms with Gasteiger partial charge >= 0.3 is 0 Å². The Hall–Kier alpha value is -1.42. The van der Waals surface area contributed by atoms with Crippen LogP contribution in [-0.2, 0) is 6.42 Å². The molecule has 0 spiro atoms. The topological polar surface area (TPSA) is 51.8 Å². The van der Waals surface area contributed by atoms with Crippen molar-refractivity contribution in [3.8, 4) is 0 Å². The number of hydrogen-bond donors (Lipinski definition) is 1. The second-order valence-corrected chi connectivity index (χ2v) is 4.73. The van der Waals surface area contributed by atoms with Crippen molar-refractivity contribution in [1.82, 2.24) is 10.2 Å². The Morgan fingerprint density at radius 1 is 1.27 bits per heavy atom. The van der Waals surface area contributed by atoms with E-state index in [1.54, 1.807) is 0 Å². The molecule has 0 saturated heterocycles. The summed E-state index contributed by atoms with van der Waals surface area (Å²) in [4.78, 5) is 0. The van der Waals surface area contributed by atoms with E-state index in [2.05, 4.69) is 42.2 Å². The lowest BCUT2D eigenvalue weighted by Crippen LogP contribution is -1.91. The molecule has 1 aromatic heterocycles. The van der Waals surface area contributed by atoms with E-state index in [4.69, 9.17) is 5.73 Å². The van der Waals surface area contributed by atoms with Crippen molar-refractivity contribution in [1.29, 1.82) is 0 Å². The number of hydrogen-bond acceptors (Lipinski definition) is 4. The van der Waals surface area contributed by atoms with Crippen molar-refractivity contribution in [2.24, 2.45) is 0 Å². The molecule has 2 rings (SSSR count). The number of aromatic nitrogens is 2. The summed E-state index contributed by atoms with van der Waals surface area (Å²) < 4.78 is 0. The first-order chi connectivity index (χ1) is 7.15. The molecule has 0 radical (unpaired) electrons. The van der Waals surface area contributed by atoms with Gasteiger partial charge in [-0.05, 0) is 25.0 Å². The van der Waals surface area contributed by atoms with Crippen LogP contribution in [0.3, 0.4) is 0 Å². The summed E-state index contributed by atoms with van der Waals surface area (Å²) in [7, 11) is 0. The lowest BCUT2D eigenvalue weighted by atomic mass is 10.0. The molecule has 0 aliphatic heterocycles. The summed E-state index contributed by atoms with van der Waals surface area (Å²) in [6.45, 7) is 4.21. The number of nitrogens with two attached hydrogens (primary N) is 1. The quantitative estimate of drug-likeness (QED) is 0.843. The van der Waals surface area contributed by atoms with Gasteiger partial charge in [0.1, 0.15) is 5.01 Å². The predicted molar refractivity (Wildman–Crippen MR) is 63.0 cm³/mol. The molecule has 4 heteroatoms. The predicted octanol–water partition coefficient (Wildman–Crippen LogP) is 2.33. The molecule has 0 amide bonds. The maximum absolute atomic E-state index is 5.54. The zero-order chi connectivity index (χ0) is 10.8. The monoisotopic (exact) mass is 219 g/mol. The first kappa shape index (κ1) is 10.1. The normalized spacial score (nSPS) is 10.5. The van der Waals surface area contributed by atoms with Gasteiger partial charge in [-0.2, -0.15) is 0 Å². The molecular weight excluding hydrogens is 206 g/mol. The molecule has 15 heavy (non-hydrogen) atoms. The Morgan fingerprint density at radius 2 is 2.07 bits per heavy atom. The van der Waals surface area contributed by atoms with Gasteiger partial charge in [0.2, 0.25) is 5.13 Å². The van der Waals surface area contributed by atoms with Gasteiger partial charge in [0.15, 0.2) is 0 Å². The van der Waals surface area contributed by atoms with Gasteiger partial charge < -0.3 is 5.73 Å². The molecule has 0 aliphatic rings. The fraction of sp³-hybridized carbons (Fsp3) is 0.273. The van der Waals surface area contributed by atoms with Crippen LogP contribution in [0.5, 0.6) is 0 Å². The molecule has 2 N–H and O–H groups in total. The van der Waals surface area contributed by atoms with Crippen molar-refractivity contribution >= 4 is 16.5 Å².